The molecule has 0 radical (unpaired) electrons. The van der Waals surface area contributed by atoms with Gasteiger partial charge >= 0.3 is 0 Å². The first-order valence-electron chi connectivity index (χ1n) is 10.6. The summed E-state index contributed by atoms with van der Waals surface area (Å²) in [5, 5.41) is 0. The van der Waals surface area contributed by atoms with E-state index in [0.29, 0.717) is 6.61 Å². The molecule has 3 rings (SSSR count). The fourth-order valence-corrected chi connectivity index (χ4v) is 4.16. The molecule has 0 spiro atoms. The van der Waals surface area contributed by atoms with E-state index in [0.717, 1.165) is 40.3 Å². The first kappa shape index (κ1) is 23.7. The Balaban J connectivity index is 1.92. The van der Waals surface area contributed by atoms with Crippen molar-refractivity contribution in [1.29, 1.82) is 0 Å². The molecule has 0 saturated carbocycles. The molecule has 0 amide bonds. The van der Waals surface area contributed by atoms with Gasteiger partial charge in [0.15, 0.2) is 0 Å². The largest absolute Gasteiger partial charge is 0.501 e. The fourth-order valence-electron chi connectivity index (χ4n) is 3.48. The van der Waals surface area contributed by atoms with E-state index in [1.807, 2.05) is 37.3 Å². The molecule has 0 bridgehead atoms. The number of ether oxygens (including phenoxy) is 3. The van der Waals surface area contributed by atoms with Crippen molar-refractivity contribution in [2.45, 2.75) is 26.9 Å². The first-order valence-corrected chi connectivity index (χ1v) is 11.4. The van der Waals surface area contributed by atoms with Crippen molar-refractivity contribution in [2.24, 2.45) is 0 Å². The van der Waals surface area contributed by atoms with Gasteiger partial charge in [-0.1, -0.05) is 40.2 Å². The summed E-state index contributed by atoms with van der Waals surface area (Å²) < 4.78 is 17.1. The highest BCUT2D eigenvalue weighted by Crippen LogP contribution is 2.31. The van der Waals surface area contributed by atoms with Gasteiger partial charge in [-0.05, 0) is 78.6 Å². The predicted molar refractivity (Wildman–Crippen MR) is 135 cm³/mol. The van der Waals surface area contributed by atoms with Crippen molar-refractivity contribution in [3.8, 4) is 11.5 Å². The van der Waals surface area contributed by atoms with Crippen LogP contribution in [0.25, 0.3) is 6.08 Å². The number of methoxy groups -OCH3 is 2. The van der Waals surface area contributed by atoms with Gasteiger partial charge in [-0.25, -0.2) is 0 Å². The van der Waals surface area contributed by atoms with E-state index < -0.39 is 0 Å². The molecule has 0 saturated heterocycles. The zero-order valence-electron chi connectivity index (χ0n) is 19.1. The van der Waals surface area contributed by atoms with Gasteiger partial charge in [0.2, 0.25) is 0 Å². The summed E-state index contributed by atoms with van der Waals surface area (Å²) in [6, 6.07) is 20.9. The van der Waals surface area contributed by atoms with Crippen LogP contribution in [0.4, 0.5) is 5.69 Å². The molecule has 3 aromatic carbocycles. The van der Waals surface area contributed by atoms with Gasteiger partial charge in [0.25, 0.3) is 0 Å². The maximum absolute atomic E-state index is 5.39. The number of nitrogens with zero attached hydrogens (tertiary/aromatic N) is 1. The Kier molecular flexibility index (Phi) is 8.63. The lowest BCUT2D eigenvalue weighted by atomic mass is 10.1. The molecule has 32 heavy (non-hydrogen) atoms. The van der Waals surface area contributed by atoms with Crippen molar-refractivity contribution < 1.29 is 14.2 Å². The lowest BCUT2D eigenvalue weighted by Crippen LogP contribution is -2.22. The molecule has 0 atom stereocenters. The van der Waals surface area contributed by atoms with E-state index in [2.05, 4.69) is 64.2 Å². The van der Waals surface area contributed by atoms with Gasteiger partial charge < -0.3 is 19.1 Å². The number of aryl methyl sites for hydroxylation is 1. The maximum Gasteiger partial charge on any atom is 0.118 e. The SMILES string of the molecule is CCO/C=C/c1c(C)cc(N(Cc2ccc(OC)cc2)Cc2ccc(OC)cc2)cc1Br. The fraction of sp³-hybridized carbons (Fsp3) is 0.259. The lowest BCUT2D eigenvalue weighted by molar-refractivity contribution is 0.272. The molecule has 3 aromatic rings. The second-order valence-corrected chi connectivity index (χ2v) is 8.32. The minimum atomic E-state index is 0.656. The smallest absolute Gasteiger partial charge is 0.118 e. The molecule has 0 heterocycles. The van der Waals surface area contributed by atoms with E-state index >= 15 is 0 Å². The normalized spacial score (nSPS) is 10.9. The summed E-state index contributed by atoms with van der Waals surface area (Å²) in [6.45, 7) is 6.30. The Morgan fingerprint density at radius 1 is 0.844 bits per heavy atom. The molecule has 0 aromatic heterocycles. The Morgan fingerprint density at radius 2 is 1.38 bits per heavy atom. The van der Waals surface area contributed by atoms with E-state index in [1.54, 1.807) is 20.5 Å². The van der Waals surface area contributed by atoms with E-state index in [-0.39, 0.29) is 0 Å². The highest BCUT2D eigenvalue weighted by Gasteiger charge is 2.13. The van der Waals surface area contributed by atoms with Crippen LogP contribution in [0, 0.1) is 6.92 Å². The number of halogens is 1. The number of hydrogen-bond donors (Lipinski definition) is 0. The zero-order chi connectivity index (χ0) is 22.9. The number of hydrogen-bond acceptors (Lipinski definition) is 4. The minimum Gasteiger partial charge on any atom is -0.501 e. The maximum atomic E-state index is 5.39. The highest BCUT2D eigenvalue weighted by molar-refractivity contribution is 9.10. The molecule has 5 heteroatoms. The van der Waals surface area contributed by atoms with Crippen LogP contribution in [-0.2, 0) is 17.8 Å². The second-order valence-electron chi connectivity index (χ2n) is 7.47. The average molecular weight is 496 g/mol. The Hall–Kier alpha value is -2.92. The quantitative estimate of drug-likeness (QED) is 0.283. The summed E-state index contributed by atoms with van der Waals surface area (Å²) in [7, 11) is 3.37. The summed E-state index contributed by atoms with van der Waals surface area (Å²) in [6.07, 6.45) is 3.75. The summed E-state index contributed by atoms with van der Waals surface area (Å²) >= 11 is 3.76. The molecule has 0 N–H and O–H groups in total. The van der Waals surface area contributed by atoms with Crippen LogP contribution >= 0.6 is 15.9 Å². The van der Waals surface area contributed by atoms with Crippen LogP contribution in [0.1, 0.15) is 29.2 Å². The molecular weight excluding hydrogens is 466 g/mol. The third-order valence-corrected chi connectivity index (χ3v) is 5.90. The number of rotatable bonds is 10. The standard InChI is InChI=1S/C27H30BrNO3/c1-5-32-15-14-26-20(2)16-23(17-27(26)28)29(18-21-6-10-24(30-3)11-7-21)19-22-8-12-25(31-4)13-9-22/h6-17H,5,18-19H2,1-4H3/b15-14+. The zero-order valence-corrected chi connectivity index (χ0v) is 20.7. The molecule has 0 aliphatic rings. The number of benzene rings is 3. The topological polar surface area (TPSA) is 30.9 Å². The van der Waals surface area contributed by atoms with Crippen molar-refractivity contribution >= 4 is 27.7 Å². The van der Waals surface area contributed by atoms with Gasteiger partial charge in [-0.15, -0.1) is 0 Å². The van der Waals surface area contributed by atoms with Crippen LogP contribution in [0.3, 0.4) is 0 Å². The van der Waals surface area contributed by atoms with Gasteiger partial charge in [0.1, 0.15) is 11.5 Å². The molecular formula is C27H30BrNO3. The van der Waals surface area contributed by atoms with Crippen LogP contribution in [0.2, 0.25) is 0 Å². The van der Waals surface area contributed by atoms with Crippen LogP contribution in [-0.4, -0.2) is 20.8 Å². The minimum absolute atomic E-state index is 0.656. The molecule has 168 valence electrons. The van der Waals surface area contributed by atoms with Gasteiger partial charge in [-0.2, -0.15) is 0 Å². The number of anilines is 1. The summed E-state index contributed by atoms with van der Waals surface area (Å²) in [5.41, 5.74) is 5.88. The van der Waals surface area contributed by atoms with E-state index in [9.17, 15) is 0 Å². The second kappa shape index (κ2) is 11.6. The molecule has 0 aliphatic carbocycles. The summed E-state index contributed by atoms with van der Waals surface area (Å²) in [5.74, 6) is 1.72. The average Bonchev–Trinajstić information content (AvgIpc) is 2.81. The van der Waals surface area contributed by atoms with Crippen LogP contribution in [0.5, 0.6) is 11.5 Å². The Labute approximate surface area is 199 Å². The first-order chi connectivity index (χ1) is 15.5. The highest BCUT2D eigenvalue weighted by atomic mass is 79.9. The van der Waals surface area contributed by atoms with Crippen molar-refractivity contribution in [2.75, 3.05) is 25.7 Å². The Morgan fingerprint density at radius 3 is 1.81 bits per heavy atom. The lowest BCUT2D eigenvalue weighted by Gasteiger charge is -2.27. The third-order valence-electron chi connectivity index (χ3n) is 5.25. The van der Waals surface area contributed by atoms with E-state index in [4.69, 9.17) is 14.2 Å². The van der Waals surface area contributed by atoms with Crippen molar-refractivity contribution in [1.82, 2.24) is 0 Å². The molecule has 4 nitrogen and oxygen atoms in total. The van der Waals surface area contributed by atoms with Gasteiger partial charge in [0, 0.05) is 23.2 Å². The van der Waals surface area contributed by atoms with E-state index in [1.165, 1.54) is 16.7 Å². The Bertz CT molecular complexity index is 957. The predicted octanol–water partition coefficient (Wildman–Crippen LogP) is 6.99. The van der Waals surface area contributed by atoms with Crippen molar-refractivity contribution in [3.05, 3.63) is 93.7 Å². The van der Waals surface area contributed by atoms with Gasteiger partial charge in [0.05, 0.1) is 27.1 Å². The van der Waals surface area contributed by atoms with Crippen molar-refractivity contribution in [3.63, 3.8) is 0 Å². The summed E-state index contributed by atoms with van der Waals surface area (Å²) in [4.78, 5) is 2.37. The van der Waals surface area contributed by atoms with Crippen LogP contribution in [0.15, 0.2) is 71.4 Å². The van der Waals surface area contributed by atoms with Gasteiger partial charge in [-0.3, -0.25) is 0 Å². The monoisotopic (exact) mass is 495 g/mol. The molecule has 0 aliphatic heterocycles. The third kappa shape index (κ3) is 6.30. The molecule has 0 unspecified atom stereocenters. The molecule has 0 fully saturated rings. The van der Waals surface area contributed by atoms with Crippen LogP contribution < -0.4 is 14.4 Å².